The van der Waals surface area contributed by atoms with Crippen molar-refractivity contribution in [3.8, 4) is 28.7 Å². The van der Waals surface area contributed by atoms with Gasteiger partial charge in [0.1, 0.15) is 24.2 Å². The maximum absolute atomic E-state index is 11.2. The van der Waals surface area contributed by atoms with Crippen molar-refractivity contribution in [2.75, 3.05) is 14.2 Å². The van der Waals surface area contributed by atoms with E-state index in [1.54, 1.807) is 24.1 Å². The Bertz CT molecular complexity index is 1250. The van der Waals surface area contributed by atoms with E-state index in [4.69, 9.17) is 9.57 Å². The summed E-state index contributed by atoms with van der Waals surface area (Å²) in [6, 6.07) is 11.4. The summed E-state index contributed by atoms with van der Waals surface area (Å²) in [4.78, 5) is 9.28. The molecule has 0 saturated heterocycles. The fourth-order valence-electron chi connectivity index (χ4n) is 3.64. The highest BCUT2D eigenvalue weighted by molar-refractivity contribution is 6.02. The molecule has 2 N–H and O–H groups in total. The minimum absolute atomic E-state index is 0.0321. The third kappa shape index (κ3) is 3.50. The summed E-state index contributed by atoms with van der Waals surface area (Å²) in [7, 11) is 3.12. The standard InChI is InChI=1S/C23H25N5O3/c1-23(2,3)21-18-19(26-27-21)22(29)28(17-11-10-14(12-24-17)13-25-31-5)20(18)15-8-6-7-9-16(15)30-4/h6-13,26,29H,1-5H3/b25-13-. The fraction of sp³-hybridized carbons (Fsp3) is 0.261. The second-order valence-electron chi connectivity index (χ2n) is 8.15. The molecule has 3 aromatic heterocycles. The molecule has 0 aliphatic carbocycles. The average Bonchev–Trinajstić information content (AvgIpc) is 3.32. The molecular weight excluding hydrogens is 394 g/mol. The summed E-state index contributed by atoms with van der Waals surface area (Å²) in [6.07, 6.45) is 3.24. The third-order valence-electron chi connectivity index (χ3n) is 5.04. The number of aromatic hydroxyl groups is 1. The van der Waals surface area contributed by atoms with E-state index < -0.39 is 0 Å². The van der Waals surface area contributed by atoms with E-state index in [1.165, 1.54) is 7.11 Å². The summed E-state index contributed by atoms with van der Waals surface area (Å²) < 4.78 is 7.35. The van der Waals surface area contributed by atoms with Crippen LogP contribution in [0.2, 0.25) is 0 Å². The molecule has 0 fully saturated rings. The first-order valence-electron chi connectivity index (χ1n) is 9.85. The van der Waals surface area contributed by atoms with Crippen molar-refractivity contribution in [1.82, 2.24) is 19.7 Å². The lowest BCUT2D eigenvalue weighted by Gasteiger charge is -2.18. The molecule has 0 radical (unpaired) electrons. The number of methoxy groups -OCH3 is 1. The summed E-state index contributed by atoms with van der Waals surface area (Å²) in [5.74, 6) is 1.27. The zero-order valence-electron chi connectivity index (χ0n) is 18.2. The summed E-state index contributed by atoms with van der Waals surface area (Å²) in [5, 5.41) is 23.3. The summed E-state index contributed by atoms with van der Waals surface area (Å²) in [5.41, 5.74) is 3.52. The first kappa shape index (κ1) is 20.5. The Morgan fingerprint density at radius 1 is 1.13 bits per heavy atom. The Hall–Kier alpha value is -3.81. The van der Waals surface area contributed by atoms with Gasteiger partial charge in [-0.3, -0.25) is 9.67 Å². The molecule has 0 unspecified atom stereocenters. The van der Waals surface area contributed by atoms with Crippen LogP contribution in [0, 0.1) is 0 Å². The Morgan fingerprint density at radius 3 is 2.55 bits per heavy atom. The van der Waals surface area contributed by atoms with Gasteiger partial charge in [0.05, 0.1) is 30.1 Å². The smallest absolute Gasteiger partial charge is 0.224 e. The van der Waals surface area contributed by atoms with E-state index in [-0.39, 0.29) is 11.3 Å². The van der Waals surface area contributed by atoms with Crippen molar-refractivity contribution in [2.45, 2.75) is 26.2 Å². The number of hydrogen-bond donors (Lipinski definition) is 2. The van der Waals surface area contributed by atoms with Gasteiger partial charge in [0.15, 0.2) is 0 Å². The van der Waals surface area contributed by atoms with Gasteiger partial charge in [-0.15, -0.1) is 0 Å². The topological polar surface area (TPSA) is 97.6 Å². The molecule has 0 atom stereocenters. The molecule has 31 heavy (non-hydrogen) atoms. The van der Waals surface area contributed by atoms with E-state index in [0.29, 0.717) is 17.1 Å². The number of aromatic nitrogens is 4. The van der Waals surface area contributed by atoms with Crippen LogP contribution in [0.25, 0.3) is 28.0 Å². The normalized spacial score (nSPS) is 12.0. The second-order valence-corrected chi connectivity index (χ2v) is 8.15. The summed E-state index contributed by atoms with van der Waals surface area (Å²) in [6.45, 7) is 6.27. The van der Waals surface area contributed by atoms with Crippen LogP contribution >= 0.6 is 0 Å². The van der Waals surface area contributed by atoms with Crippen molar-refractivity contribution in [2.24, 2.45) is 5.16 Å². The van der Waals surface area contributed by atoms with Gasteiger partial charge in [-0.05, 0) is 24.3 Å². The molecule has 0 spiro atoms. The number of H-pyrrole nitrogens is 1. The molecule has 8 nitrogen and oxygen atoms in total. The van der Waals surface area contributed by atoms with Gasteiger partial charge >= 0.3 is 0 Å². The van der Waals surface area contributed by atoms with Crippen LogP contribution in [-0.4, -0.2) is 45.3 Å². The number of nitrogens with zero attached hydrogens (tertiary/aromatic N) is 4. The van der Waals surface area contributed by atoms with Gasteiger partial charge < -0.3 is 14.7 Å². The lowest BCUT2D eigenvalue weighted by Crippen LogP contribution is -2.13. The highest BCUT2D eigenvalue weighted by Crippen LogP contribution is 2.45. The van der Waals surface area contributed by atoms with E-state index >= 15 is 0 Å². The number of ether oxygens (including phenoxy) is 1. The number of fused-ring (bicyclic) bond motifs is 1. The lowest BCUT2D eigenvalue weighted by molar-refractivity contribution is 0.215. The maximum atomic E-state index is 11.2. The average molecular weight is 419 g/mol. The molecular formula is C23H25N5O3. The van der Waals surface area contributed by atoms with Crippen molar-refractivity contribution < 1.29 is 14.7 Å². The molecule has 0 aliphatic rings. The molecule has 8 heteroatoms. The first-order chi connectivity index (χ1) is 14.9. The van der Waals surface area contributed by atoms with Crippen LogP contribution in [0.1, 0.15) is 32.0 Å². The monoisotopic (exact) mass is 419 g/mol. The predicted molar refractivity (Wildman–Crippen MR) is 120 cm³/mol. The van der Waals surface area contributed by atoms with Gasteiger partial charge in [-0.25, -0.2) is 4.98 Å². The maximum Gasteiger partial charge on any atom is 0.224 e. The number of aromatic amines is 1. The van der Waals surface area contributed by atoms with E-state index in [9.17, 15) is 5.11 Å². The molecule has 0 bridgehead atoms. The highest BCUT2D eigenvalue weighted by Gasteiger charge is 2.30. The number of pyridine rings is 1. The molecule has 4 rings (SSSR count). The highest BCUT2D eigenvalue weighted by atomic mass is 16.6. The Balaban J connectivity index is 2.05. The van der Waals surface area contributed by atoms with Crippen molar-refractivity contribution in [1.29, 1.82) is 0 Å². The Labute approximate surface area is 180 Å². The third-order valence-corrected chi connectivity index (χ3v) is 5.04. The van der Waals surface area contributed by atoms with Gasteiger partial charge in [0.2, 0.25) is 5.88 Å². The molecule has 0 amide bonds. The Kier molecular flexibility index (Phi) is 5.14. The van der Waals surface area contributed by atoms with Gasteiger partial charge in [-0.2, -0.15) is 5.10 Å². The molecule has 1 aromatic carbocycles. The molecule has 0 saturated carbocycles. The van der Waals surface area contributed by atoms with Crippen LogP contribution in [-0.2, 0) is 10.3 Å². The molecule has 3 heterocycles. The van der Waals surface area contributed by atoms with Crippen molar-refractivity contribution in [3.05, 3.63) is 53.9 Å². The summed E-state index contributed by atoms with van der Waals surface area (Å²) >= 11 is 0. The van der Waals surface area contributed by atoms with Crippen LogP contribution in [0.4, 0.5) is 0 Å². The number of hydrogen-bond acceptors (Lipinski definition) is 6. The minimum atomic E-state index is -0.248. The van der Waals surface area contributed by atoms with Crippen LogP contribution in [0.3, 0.4) is 0 Å². The fourth-order valence-corrected chi connectivity index (χ4v) is 3.64. The van der Waals surface area contributed by atoms with Gasteiger partial charge in [0.25, 0.3) is 0 Å². The van der Waals surface area contributed by atoms with Crippen LogP contribution < -0.4 is 4.74 Å². The number of nitrogens with one attached hydrogen (secondary N) is 1. The van der Waals surface area contributed by atoms with Gasteiger partial charge in [0, 0.05) is 22.7 Å². The number of benzene rings is 1. The first-order valence-corrected chi connectivity index (χ1v) is 9.85. The predicted octanol–water partition coefficient (Wildman–Crippen LogP) is 4.41. The molecule has 0 aliphatic heterocycles. The SMILES string of the molecule is CO/N=C\c1ccc(-n2c(O)c3[nH]nc(C(C)(C)C)c3c2-c2ccccc2OC)nc1. The van der Waals surface area contributed by atoms with E-state index in [0.717, 1.165) is 27.9 Å². The largest absolute Gasteiger partial charge is 0.496 e. The lowest BCUT2D eigenvalue weighted by atomic mass is 9.89. The number of para-hydroxylation sites is 1. The zero-order chi connectivity index (χ0) is 22.2. The zero-order valence-corrected chi connectivity index (χ0v) is 18.2. The quantitative estimate of drug-likeness (QED) is 0.369. The van der Waals surface area contributed by atoms with E-state index in [1.807, 2.05) is 36.4 Å². The van der Waals surface area contributed by atoms with Crippen molar-refractivity contribution >= 4 is 17.1 Å². The van der Waals surface area contributed by atoms with Gasteiger partial charge in [-0.1, -0.05) is 38.1 Å². The Morgan fingerprint density at radius 2 is 1.90 bits per heavy atom. The van der Waals surface area contributed by atoms with Crippen LogP contribution in [0.5, 0.6) is 11.6 Å². The molecule has 160 valence electrons. The molecule has 4 aromatic rings. The minimum Gasteiger partial charge on any atom is -0.496 e. The van der Waals surface area contributed by atoms with Crippen LogP contribution in [0.15, 0.2) is 47.8 Å². The number of oxime groups is 1. The van der Waals surface area contributed by atoms with Crippen molar-refractivity contribution in [3.63, 3.8) is 0 Å². The number of rotatable bonds is 5. The van der Waals surface area contributed by atoms with E-state index in [2.05, 4.69) is 41.1 Å². The second kappa shape index (κ2) is 7.79.